The van der Waals surface area contributed by atoms with Crippen molar-refractivity contribution >= 4 is 17.6 Å². The van der Waals surface area contributed by atoms with Crippen molar-refractivity contribution in [3.05, 3.63) is 47.5 Å². The number of hydrogen-bond donors (Lipinski definition) is 2. The van der Waals surface area contributed by atoms with Crippen molar-refractivity contribution in [2.24, 2.45) is 0 Å². The van der Waals surface area contributed by atoms with Gasteiger partial charge in [-0.25, -0.2) is 4.39 Å². The number of hydrogen-bond acceptors (Lipinski definition) is 4. The second kappa shape index (κ2) is 7.35. The van der Waals surface area contributed by atoms with Crippen molar-refractivity contribution in [3.8, 4) is 0 Å². The van der Waals surface area contributed by atoms with E-state index in [0.29, 0.717) is 18.7 Å². The van der Waals surface area contributed by atoms with E-state index in [4.69, 9.17) is 4.52 Å². The van der Waals surface area contributed by atoms with E-state index >= 15 is 0 Å². The second-order valence-corrected chi connectivity index (χ2v) is 4.77. The average Bonchev–Trinajstić information content (AvgIpc) is 2.86. The molecule has 0 atom stereocenters. The molecule has 7 heteroatoms. The summed E-state index contributed by atoms with van der Waals surface area (Å²) in [4.78, 5) is 23.2. The molecule has 1 aromatic carbocycles. The molecule has 6 nitrogen and oxygen atoms in total. The standard InChI is InChI=1S/C15H16FN3O3/c1-10-8-13(19-22-10)18-15(21)9-14(20)17-7-6-11-2-4-12(16)5-3-11/h2-5,8H,6-7,9H2,1H3,(H,17,20)(H,18,19,21). The van der Waals surface area contributed by atoms with E-state index in [9.17, 15) is 14.0 Å². The summed E-state index contributed by atoms with van der Waals surface area (Å²) in [6, 6.07) is 7.60. The number of aromatic nitrogens is 1. The minimum Gasteiger partial charge on any atom is -0.360 e. The zero-order valence-electron chi connectivity index (χ0n) is 12.1. The highest BCUT2D eigenvalue weighted by molar-refractivity contribution is 6.03. The number of carbonyl (C=O) groups excluding carboxylic acids is 2. The Balaban J connectivity index is 1.69. The summed E-state index contributed by atoms with van der Waals surface area (Å²) in [7, 11) is 0. The molecule has 1 aromatic heterocycles. The first-order valence-corrected chi connectivity index (χ1v) is 6.77. The van der Waals surface area contributed by atoms with Gasteiger partial charge in [-0.2, -0.15) is 0 Å². The molecule has 0 spiro atoms. The van der Waals surface area contributed by atoms with Crippen molar-refractivity contribution in [1.82, 2.24) is 10.5 Å². The van der Waals surface area contributed by atoms with Crippen molar-refractivity contribution in [3.63, 3.8) is 0 Å². The summed E-state index contributed by atoms with van der Waals surface area (Å²) >= 11 is 0. The van der Waals surface area contributed by atoms with Crippen LogP contribution in [0.25, 0.3) is 0 Å². The molecule has 0 aliphatic rings. The van der Waals surface area contributed by atoms with Crippen LogP contribution < -0.4 is 10.6 Å². The average molecular weight is 305 g/mol. The topological polar surface area (TPSA) is 84.2 Å². The minimum atomic E-state index is -0.465. The van der Waals surface area contributed by atoms with Gasteiger partial charge in [0, 0.05) is 12.6 Å². The lowest BCUT2D eigenvalue weighted by Gasteiger charge is -2.05. The number of rotatable bonds is 6. The molecule has 0 radical (unpaired) electrons. The first kappa shape index (κ1) is 15.7. The van der Waals surface area contributed by atoms with Crippen LogP contribution in [0.5, 0.6) is 0 Å². The van der Waals surface area contributed by atoms with Crippen LogP contribution in [-0.4, -0.2) is 23.5 Å². The van der Waals surface area contributed by atoms with Gasteiger partial charge in [-0.3, -0.25) is 9.59 Å². The normalized spacial score (nSPS) is 10.3. The summed E-state index contributed by atoms with van der Waals surface area (Å²) in [5.41, 5.74) is 0.907. The molecule has 0 bridgehead atoms. The Hall–Kier alpha value is -2.70. The van der Waals surface area contributed by atoms with E-state index in [2.05, 4.69) is 15.8 Å². The second-order valence-electron chi connectivity index (χ2n) is 4.77. The molecule has 0 fully saturated rings. The highest BCUT2D eigenvalue weighted by Crippen LogP contribution is 2.07. The highest BCUT2D eigenvalue weighted by Gasteiger charge is 2.11. The van der Waals surface area contributed by atoms with Gasteiger partial charge < -0.3 is 15.2 Å². The number of nitrogens with one attached hydrogen (secondary N) is 2. The maximum absolute atomic E-state index is 12.7. The van der Waals surface area contributed by atoms with Crippen LogP contribution >= 0.6 is 0 Å². The number of aryl methyl sites for hydroxylation is 1. The predicted molar refractivity (Wildman–Crippen MR) is 77.6 cm³/mol. The Morgan fingerprint density at radius 2 is 1.95 bits per heavy atom. The smallest absolute Gasteiger partial charge is 0.235 e. The first-order chi connectivity index (χ1) is 10.5. The Labute approximate surface area is 126 Å². The lowest BCUT2D eigenvalue weighted by molar-refractivity contribution is -0.126. The fraction of sp³-hybridized carbons (Fsp3) is 0.267. The zero-order chi connectivity index (χ0) is 15.9. The lowest BCUT2D eigenvalue weighted by Crippen LogP contribution is -2.29. The van der Waals surface area contributed by atoms with Crippen LogP contribution in [-0.2, 0) is 16.0 Å². The van der Waals surface area contributed by atoms with Crippen molar-refractivity contribution in [2.45, 2.75) is 19.8 Å². The summed E-state index contributed by atoms with van der Waals surface area (Å²) < 4.78 is 17.5. The number of benzene rings is 1. The Kier molecular flexibility index (Phi) is 5.24. The van der Waals surface area contributed by atoms with Crippen LogP contribution in [0.1, 0.15) is 17.7 Å². The van der Waals surface area contributed by atoms with Gasteiger partial charge >= 0.3 is 0 Å². The van der Waals surface area contributed by atoms with Gasteiger partial charge in [0.15, 0.2) is 5.82 Å². The van der Waals surface area contributed by atoms with Gasteiger partial charge in [-0.05, 0) is 31.0 Å². The third-order valence-corrected chi connectivity index (χ3v) is 2.87. The number of halogens is 1. The molecule has 2 amide bonds. The predicted octanol–water partition coefficient (Wildman–Crippen LogP) is 1.81. The fourth-order valence-electron chi connectivity index (χ4n) is 1.82. The molecule has 0 unspecified atom stereocenters. The lowest BCUT2D eigenvalue weighted by atomic mass is 10.1. The molecule has 0 saturated carbocycles. The van der Waals surface area contributed by atoms with Crippen LogP contribution in [0.15, 0.2) is 34.9 Å². The van der Waals surface area contributed by atoms with E-state index in [0.717, 1.165) is 5.56 Å². The van der Waals surface area contributed by atoms with Crippen molar-refractivity contribution < 1.29 is 18.5 Å². The van der Waals surface area contributed by atoms with E-state index in [1.54, 1.807) is 25.1 Å². The first-order valence-electron chi connectivity index (χ1n) is 6.77. The zero-order valence-corrected chi connectivity index (χ0v) is 12.1. The van der Waals surface area contributed by atoms with Gasteiger partial charge in [0.1, 0.15) is 18.0 Å². The fourth-order valence-corrected chi connectivity index (χ4v) is 1.82. The van der Waals surface area contributed by atoms with Crippen LogP contribution in [0.3, 0.4) is 0 Å². The Morgan fingerprint density at radius 3 is 2.59 bits per heavy atom. The van der Waals surface area contributed by atoms with Gasteiger partial charge in [0.2, 0.25) is 11.8 Å². The molecule has 2 aromatic rings. The quantitative estimate of drug-likeness (QED) is 0.797. The van der Waals surface area contributed by atoms with Crippen LogP contribution in [0.4, 0.5) is 10.2 Å². The van der Waals surface area contributed by atoms with Crippen molar-refractivity contribution in [1.29, 1.82) is 0 Å². The summed E-state index contributed by atoms with van der Waals surface area (Å²) in [5.74, 6) is -0.305. The van der Waals surface area contributed by atoms with Gasteiger partial charge in [0.25, 0.3) is 0 Å². The number of carbonyl (C=O) groups is 2. The minimum absolute atomic E-state index is 0.279. The van der Waals surface area contributed by atoms with E-state index in [1.165, 1.54) is 12.1 Å². The maximum atomic E-state index is 12.7. The highest BCUT2D eigenvalue weighted by atomic mass is 19.1. The maximum Gasteiger partial charge on any atom is 0.235 e. The molecular formula is C15H16FN3O3. The number of anilines is 1. The van der Waals surface area contributed by atoms with Crippen LogP contribution in [0, 0.1) is 12.7 Å². The van der Waals surface area contributed by atoms with Gasteiger partial charge in [-0.1, -0.05) is 17.3 Å². The van der Waals surface area contributed by atoms with E-state index < -0.39 is 5.91 Å². The molecule has 0 saturated heterocycles. The molecule has 116 valence electrons. The third-order valence-electron chi connectivity index (χ3n) is 2.87. The molecule has 2 N–H and O–H groups in total. The molecule has 1 heterocycles. The Bertz CT molecular complexity index is 652. The summed E-state index contributed by atoms with van der Waals surface area (Å²) in [5, 5.41) is 8.69. The summed E-state index contributed by atoms with van der Waals surface area (Å²) in [6.45, 7) is 2.08. The Morgan fingerprint density at radius 1 is 1.23 bits per heavy atom. The van der Waals surface area contributed by atoms with Crippen LogP contribution in [0.2, 0.25) is 0 Å². The molecule has 22 heavy (non-hydrogen) atoms. The third kappa shape index (κ3) is 5.01. The number of nitrogens with zero attached hydrogens (tertiary/aromatic N) is 1. The SMILES string of the molecule is Cc1cc(NC(=O)CC(=O)NCCc2ccc(F)cc2)no1. The van der Waals surface area contributed by atoms with Gasteiger partial charge in [0.05, 0.1) is 0 Å². The summed E-state index contributed by atoms with van der Waals surface area (Å²) in [6.07, 6.45) is 0.269. The van der Waals surface area contributed by atoms with Gasteiger partial charge in [-0.15, -0.1) is 0 Å². The van der Waals surface area contributed by atoms with E-state index in [-0.39, 0.29) is 24.0 Å². The molecular weight excluding hydrogens is 289 g/mol. The monoisotopic (exact) mass is 305 g/mol. The molecule has 0 aliphatic carbocycles. The molecule has 2 rings (SSSR count). The molecule has 0 aliphatic heterocycles. The number of amides is 2. The van der Waals surface area contributed by atoms with Crippen molar-refractivity contribution in [2.75, 3.05) is 11.9 Å². The largest absolute Gasteiger partial charge is 0.360 e. The van der Waals surface area contributed by atoms with E-state index in [1.807, 2.05) is 0 Å².